The van der Waals surface area contributed by atoms with E-state index in [9.17, 15) is 18.0 Å². The van der Waals surface area contributed by atoms with Gasteiger partial charge in [0.05, 0.1) is 10.5 Å². The van der Waals surface area contributed by atoms with Crippen LogP contribution in [0.15, 0.2) is 65.6 Å². The van der Waals surface area contributed by atoms with Crippen molar-refractivity contribution >= 4 is 21.8 Å². The third-order valence-electron chi connectivity index (χ3n) is 6.19. The van der Waals surface area contributed by atoms with Gasteiger partial charge in [0.25, 0.3) is 0 Å². The van der Waals surface area contributed by atoms with Crippen LogP contribution in [0.1, 0.15) is 50.5 Å². The first-order valence-corrected chi connectivity index (χ1v) is 12.7. The predicted octanol–water partition coefficient (Wildman–Crippen LogP) is 3.98. The SMILES string of the molecule is Cc1cc(C(=O)OCC(=O)c2ccc(S(=O)(=O)N3CCCC3)cc2)c(C)n1Cc1ccccc1. The molecule has 3 aromatic rings. The molecule has 178 valence electrons. The lowest BCUT2D eigenvalue weighted by Crippen LogP contribution is -2.27. The molecule has 1 aromatic heterocycles. The first kappa shape index (κ1) is 23.9. The highest BCUT2D eigenvalue weighted by atomic mass is 32.2. The van der Waals surface area contributed by atoms with E-state index in [1.165, 1.54) is 28.6 Å². The molecule has 0 saturated carbocycles. The second kappa shape index (κ2) is 9.95. The van der Waals surface area contributed by atoms with Crippen LogP contribution >= 0.6 is 0 Å². The van der Waals surface area contributed by atoms with Gasteiger partial charge in [0, 0.05) is 36.6 Å². The molecule has 0 spiro atoms. The lowest BCUT2D eigenvalue weighted by Gasteiger charge is -2.15. The van der Waals surface area contributed by atoms with Crippen molar-refractivity contribution in [1.82, 2.24) is 8.87 Å². The van der Waals surface area contributed by atoms with E-state index in [1.54, 1.807) is 6.07 Å². The van der Waals surface area contributed by atoms with Crippen LogP contribution in [0.2, 0.25) is 0 Å². The fraction of sp³-hybridized carbons (Fsp3) is 0.308. The largest absolute Gasteiger partial charge is 0.454 e. The zero-order valence-corrected chi connectivity index (χ0v) is 20.2. The monoisotopic (exact) mass is 480 g/mol. The quantitative estimate of drug-likeness (QED) is 0.360. The molecular weight excluding hydrogens is 452 g/mol. The Hall–Kier alpha value is -3.23. The van der Waals surface area contributed by atoms with Gasteiger partial charge in [-0.1, -0.05) is 30.3 Å². The van der Waals surface area contributed by atoms with Gasteiger partial charge in [-0.15, -0.1) is 0 Å². The average Bonchev–Trinajstić information content (AvgIpc) is 3.48. The Morgan fingerprint density at radius 3 is 2.24 bits per heavy atom. The molecule has 8 heteroatoms. The summed E-state index contributed by atoms with van der Waals surface area (Å²) in [6.45, 7) is 5.04. The molecule has 34 heavy (non-hydrogen) atoms. The van der Waals surface area contributed by atoms with E-state index >= 15 is 0 Å². The molecule has 0 N–H and O–H groups in total. The molecule has 1 aliphatic heterocycles. The van der Waals surface area contributed by atoms with Gasteiger partial charge < -0.3 is 9.30 Å². The number of aromatic nitrogens is 1. The van der Waals surface area contributed by atoms with Crippen LogP contribution in [0.5, 0.6) is 0 Å². The molecule has 1 saturated heterocycles. The van der Waals surface area contributed by atoms with Crippen LogP contribution in [-0.2, 0) is 21.3 Å². The van der Waals surface area contributed by atoms with Gasteiger partial charge in [-0.25, -0.2) is 13.2 Å². The van der Waals surface area contributed by atoms with E-state index in [-0.39, 0.29) is 4.90 Å². The van der Waals surface area contributed by atoms with Crippen molar-refractivity contribution in [2.24, 2.45) is 0 Å². The van der Waals surface area contributed by atoms with Crippen molar-refractivity contribution in [3.8, 4) is 0 Å². The van der Waals surface area contributed by atoms with Crippen molar-refractivity contribution in [3.05, 3.63) is 88.7 Å². The van der Waals surface area contributed by atoms with Crippen molar-refractivity contribution in [2.75, 3.05) is 19.7 Å². The standard InChI is InChI=1S/C26H28N2O5S/c1-19-16-24(20(2)28(19)17-21-8-4-3-5-9-21)26(30)33-18-25(29)22-10-12-23(13-11-22)34(31,32)27-14-6-7-15-27/h3-5,8-13,16H,6-7,14-15,17-18H2,1-2H3. The highest BCUT2D eigenvalue weighted by molar-refractivity contribution is 7.89. The third kappa shape index (κ3) is 4.98. The first-order chi connectivity index (χ1) is 16.3. The lowest BCUT2D eigenvalue weighted by molar-refractivity contribution is 0.0474. The van der Waals surface area contributed by atoms with Crippen molar-refractivity contribution < 1.29 is 22.7 Å². The Balaban J connectivity index is 1.39. The van der Waals surface area contributed by atoms with E-state index in [0.717, 1.165) is 29.8 Å². The number of carbonyl (C=O) groups is 2. The Kier molecular flexibility index (Phi) is 7.00. The molecule has 7 nitrogen and oxygen atoms in total. The summed E-state index contributed by atoms with van der Waals surface area (Å²) in [4.78, 5) is 25.4. The molecule has 0 bridgehead atoms. The minimum absolute atomic E-state index is 0.161. The second-order valence-electron chi connectivity index (χ2n) is 8.49. The van der Waals surface area contributed by atoms with Gasteiger partial charge in [0.15, 0.2) is 12.4 Å². The van der Waals surface area contributed by atoms with Crippen LogP contribution in [-0.4, -0.2) is 48.7 Å². The number of nitrogens with zero attached hydrogens (tertiary/aromatic N) is 2. The zero-order valence-electron chi connectivity index (χ0n) is 19.4. The van der Waals surface area contributed by atoms with Crippen molar-refractivity contribution in [2.45, 2.75) is 38.1 Å². The maximum Gasteiger partial charge on any atom is 0.340 e. The number of rotatable bonds is 8. The zero-order chi connectivity index (χ0) is 24.3. The average molecular weight is 481 g/mol. The van der Waals surface area contributed by atoms with Gasteiger partial charge in [-0.3, -0.25) is 4.79 Å². The molecule has 2 heterocycles. The highest BCUT2D eigenvalue weighted by Gasteiger charge is 2.27. The van der Waals surface area contributed by atoms with Crippen molar-refractivity contribution in [3.63, 3.8) is 0 Å². The summed E-state index contributed by atoms with van der Waals surface area (Å²) in [5.74, 6) is -0.953. The number of aryl methyl sites for hydroxylation is 1. The number of hydrogen-bond acceptors (Lipinski definition) is 5. The van der Waals surface area contributed by atoms with Gasteiger partial charge in [-0.05, 0) is 62.6 Å². The Morgan fingerprint density at radius 1 is 0.941 bits per heavy atom. The Labute approximate surface area is 200 Å². The summed E-state index contributed by atoms with van der Waals surface area (Å²) >= 11 is 0. The molecular formula is C26H28N2O5S. The molecule has 0 atom stereocenters. The minimum atomic E-state index is -3.54. The molecule has 1 fully saturated rings. The van der Waals surface area contributed by atoms with E-state index in [4.69, 9.17) is 4.74 Å². The maximum absolute atomic E-state index is 12.7. The van der Waals surface area contributed by atoms with Crippen LogP contribution in [0.25, 0.3) is 0 Å². The highest BCUT2D eigenvalue weighted by Crippen LogP contribution is 2.22. The van der Waals surface area contributed by atoms with Gasteiger partial charge in [0.1, 0.15) is 0 Å². The van der Waals surface area contributed by atoms with E-state index in [2.05, 4.69) is 0 Å². The summed E-state index contributed by atoms with van der Waals surface area (Å²) in [7, 11) is -3.54. The van der Waals surface area contributed by atoms with Crippen molar-refractivity contribution in [1.29, 1.82) is 0 Å². The lowest BCUT2D eigenvalue weighted by atomic mass is 10.1. The van der Waals surface area contributed by atoms with Crippen LogP contribution in [0.4, 0.5) is 0 Å². The number of hydrogen-bond donors (Lipinski definition) is 0. The number of ketones is 1. The summed E-state index contributed by atoms with van der Waals surface area (Å²) in [5.41, 5.74) is 3.54. The Bertz CT molecular complexity index is 1290. The van der Waals surface area contributed by atoms with Gasteiger partial charge in [0.2, 0.25) is 10.0 Å². The normalized spacial score (nSPS) is 14.3. The number of sulfonamides is 1. The summed E-state index contributed by atoms with van der Waals surface area (Å²) < 4.78 is 34.1. The van der Waals surface area contributed by atoms with Gasteiger partial charge >= 0.3 is 5.97 Å². The molecule has 0 radical (unpaired) electrons. The second-order valence-corrected chi connectivity index (χ2v) is 10.4. The molecule has 0 amide bonds. The third-order valence-corrected chi connectivity index (χ3v) is 8.10. The number of ether oxygens (including phenoxy) is 1. The topological polar surface area (TPSA) is 85.7 Å². The smallest absolute Gasteiger partial charge is 0.340 e. The number of carbonyl (C=O) groups excluding carboxylic acids is 2. The predicted molar refractivity (Wildman–Crippen MR) is 128 cm³/mol. The Morgan fingerprint density at radius 2 is 1.59 bits per heavy atom. The molecule has 2 aromatic carbocycles. The first-order valence-electron chi connectivity index (χ1n) is 11.3. The van der Waals surface area contributed by atoms with E-state index < -0.39 is 28.4 Å². The molecule has 1 aliphatic rings. The maximum atomic E-state index is 12.7. The van der Waals surface area contributed by atoms with E-state index in [1.807, 2.05) is 48.7 Å². The molecule has 4 rings (SSSR count). The van der Waals surface area contributed by atoms with Crippen LogP contribution < -0.4 is 0 Å². The number of esters is 1. The van der Waals surface area contributed by atoms with Crippen LogP contribution in [0, 0.1) is 13.8 Å². The van der Waals surface area contributed by atoms with Crippen LogP contribution in [0.3, 0.4) is 0 Å². The fourth-order valence-corrected chi connectivity index (χ4v) is 5.72. The minimum Gasteiger partial charge on any atom is -0.454 e. The van der Waals surface area contributed by atoms with Gasteiger partial charge in [-0.2, -0.15) is 4.31 Å². The number of benzene rings is 2. The molecule has 0 unspecified atom stereocenters. The fourth-order valence-electron chi connectivity index (χ4n) is 4.20. The summed E-state index contributed by atoms with van der Waals surface area (Å²) in [5, 5.41) is 0. The van der Waals surface area contributed by atoms with E-state index in [0.29, 0.717) is 30.8 Å². The summed E-state index contributed by atoms with van der Waals surface area (Å²) in [6.07, 6.45) is 1.71. The molecule has 0 aliphatic carbocycles. The summed E-state index contributed by atoms with van der Waals surface area (Å²) in [6, 6.07) is 17.5. The number of Topliss-reactive ketones (excluding diaryl/α,β-unsaturated/α-hetero) is 1.